The molecule has 0 spiro atoms. The lowest BCUT2D eigenvalue weighted by Crippen LogP contribution is -2.37. The summed E-state index contributed by atoms with van der Waals surface area (Å²) in [4.78, 5) is 29.6. The highest BCUT2D eigenvalue weighted by atomic mass is 19.1. The second-order valence-corrected chi connectivity index (χ2v) is 8.88. The number of halogens is 2. The zero-order valence-corrected chi connectivity index (χ0v) is 20.5. The molecular formula is C28H23F2N3O5. The summed E-state index contributed by atoms with van der Waals surface area (Å²) in [7, 11) is 3.02. The van der Waals surface area contributed by atoms with Gasteiger partial charge in [-0.3, -0.25) is 14.6 Å². The van der Waals surface area contributed by atoms with E-state index in [1.807, 2.05) is 0 Å². The number of anilines is 1. The SMILES string of the molecule is COc1cc2nccc(Oc3ccc(C4CC4(C(N)=O)C(=O)Nc4ccc(F)cc4)cc3F)c2cc1OC. The molecule has 1 aromatic heterocycles. The average Bonchev–Trinajstić information content (AvgIpc) is 3.68. The van der Waals surface area contributed by atoms with E-state index in [1.165, 1.54) is 56.8 Å². The maximum Gasteiger partial charge on any atom is 0.240 e. The van der Waals surface area contributed by atoms with Crippen molar-refractivity contribution in [3.8, 4) is 23.0 Å². The highest BCUT2D eigenvalue weighted by molar-refractivity contribution is 6.14. The summed E-state index contributed by atoms with van der Waals surface area (Å²) >= 11 is 0. The topological polar surface area (TPSA) is 113 Å². The zero-order valence-electron chi connectivity index (χ0n) is 20.5. The molecular weight excluding hydrogens is 496 g/mol. The van der Waals surface area contributed by atoms with E-state index in [9.17, 15) is 14.0 Å². The van der Waals surface area contributed by atoms with Gasteiger partial charge in [-0.15, -0.1) is 0 Å². The Labute approximate surface area is 216 Å². The number of nitrogens with two attached hydrogens (primary N) is 1. The van der Waals surface area contributed by atoms with Crippen LogP contribution in [0.4, 0.5) is 14.5 Å². The molecule has 2 amide bonds. The number of ether oxygens (including phenoxy) is 3. The fourth-order valence-electron chi connectivity index (χ4n) is 4.55. The van der Waals surface area contributed by atoms with E-state index in [4.69, 9.17) is 19.9 Å². The molecule has 38 heavy (non-hydrogen) atoms. The van der Waals surface area contributed by atoms with Crippen LogP contribution in [0, 0.1) is 17.0 Å². The van der Waals surface area contributed by atoms with Crippen LogP contribution in [0.2, 0.25) is 0 Å². The van der Waals surface area contributed by atoms with Gasteiger partial charge < -0.3 is 25.3 Å². The van der Waals surface area contributed by atoms with Crippen LogP contribution in [0.5, 0.6) is 23.0 Å². The van der Waals surface area contributed by atoms with Crippen LogP contribution in [-0.4, -0.2) is 31.0 Å². The number of aromatic nitrogens is 1. The molecule has 8 nitrogen and oxygen atoms in total. The Balaban J connectivity index is 1.39. The first-order valence-corrected chi connectivity index (χ1v) is 11.6. The summed E-state index contributed by atoms with van der Waals surface area (Å²) in [6.45, 7) is 0. The van der Waals surface area contributed by atoms with Crippen molar-refractivity contribution in [2.75, 3.05) is 19.5 Å². The van der Waals surface area contributed by atoms with Crippen molar-refractivity contribution in [1.82, 2.24) is 4.98 Å². The minimum Gasteiger partial charge on any atom is -0.493 e. The van der Waals surface area contributed by atoms with E-state index in [-0.39, 0.29) is 12.2 Å². The molecule has 10 heteroatoms. The number of fused-ring (bicyclic) bond motifs is 1. The van der Waals surface area contributed by atoms with Crippen molar-refractivity contribution in [1.29, 1.82) is 0 Å². The number of hydrogen-bond donors (Lipinski definition) is 2. The number of benzene rings is 3. The Morgan fingerprint density at radius 3 is 2.32 bits per heavy atom. The van der Waals surface area contributed by atoms with Gasteiger partial charge in [0.2, 0.25) is 11.8 Å². The first-order valence-electron chi connectivity index (χ1n) is 11.6. The van der Waals surface area contributed by atoms with Gasteiger partial charge in [-0.05, 0) is 60.5 Å². The number of primary amides is 1. The van der Waals surface area contributed by atoms with Gasteiger partial charge in [-0.25, -0.2) is 8.78 Å². The fourth-order valence-corrected chi connectivity index (χ4v) is 4.55. The molecule has 0 saturated heterocycles. The van der Waals surface area contributed by atoms with Crippen LogP contribution in [0.25, 0.3) is 10.9 Å². The van der Waals surface area contributed by atoms with Crippen LogP contribution < -0.4 is 25.3 Å². The molecule has 194 valence electrons. The monoisotopic (exact) mass is 519 g/mol. The van der Waals surface area contributed by atoms with Crippen molar-refractivity contribution in [3.05, 3.63) is 84.1 Å². The Bertz CT molecular complexity index is 1560. The number of carbonyl (C=O) groups is 2. The Morgan fingerprint density at radius 2 is 1.66 bits per heavy atom. The fraction of sp³-hybridized carbons (Fsp3) is 0.179. The van der Waals surface area contributed by atoms with Crippen LogP contribution in [0.1, 0.15) is 17.9 Å². The van der Waals surface area contributed by atoms with Crippen LogP contribution in [-0.2, 0) is 9.59 Å². The third kappa shape index (κ3) is 4.34. The first kappa shape index (κ1) is 24.9. The van der Waals surface area contributed by atoms with E-state index < -0.39 is 34.8 Å². The van der Waals surface area contributed by atoms with E-state index in [0.29, 0.717) is 39.4 Å². The number of pyridine rings is 1. The summed E-state index contributed by atoms with van der Waals surface area (Å²) in [5.41, 5.74) is 5.37. The summed E-state index contributed by atoms with van der Waals surface area (Å²) < 4.78 is 44.9. The minimum atomic E-state index is -1.54. The van der Waals surface area contributed by atoms with Gasteiger partial charge in [0.15, 0.2) is 23.1 Å². The molecule has 2 atom stereocenters. The van der Waals surface area contributed by atoms with Gasteiger partial charge in [0.25, 0.3) is 0 Å². The number of nitrogens with zero attached hydrogens (tertiary/aromatic N) is 1. The molecule has 1 fully saturated rings. The maximum atomic E-state index is 15.2. The molecule has 1 aliphatic carbocycles. The Hall–Kier alpha value is -4.73. The molecule has 0 aliphatic heterocycles. The third-order valence-electron chi connectivity index (χ3n) is 6.69. The van der Waals surface area contributed by atoms with Gasteiger partial charge in [0, 0.05) is 29.3 Å². The lowest BCUT2D eigenvalue weighted by atomic mass is 9.96. The second-order valence-electron chi connectivity index (χ2n) is 8.88. The third-order valence-corrected chi connectivity index (χ3v) is 6.69. The molecule has 1 saturated carbocycles. The van der Waals surface area contributed by atoms with Crippen LogP contribution in [0.15, 0.2) is 66.9 Å². The highest BCUT2D eigenvalue weighted by Crippen LogP contribution is 2.60. The number of hydrogen-bond acceptors (Lipinski definition) is 6. The predicted octanol–water partition coefficient (Wildman–Crippen LogP) is 4.92. The average molecular weight is 520 g/mol. The summed E-state index contributed by atoms with van der Waals surface area (Å²) in [5.74, 6) is -1.98. The number of carbonyl (C=O) groups excluding carboxylic acids is 2. The first-order chi connectivity index (χ1) is 18.3. The van der Waals surface area contributed by atoms with E-state index in [1.54, 1.807) is 24.3 Å². The van der Waals surface area contributed by atoms with Gasteiger partial charge in [-0.2, -0.15) is 0 Å². The quantitative estimate of drug-likeness (QED) is 0.320. The van der Waals surface area contributed by atoms with Crippen molar-refractivity contribution < 1.29 is 32.6 Å². The zero-order chi connectivity index (χ0) is 27.0. The normalized spacial score (nSPS) is 18.1. The molecule has 4 aromatic rings. The molecule has 0 bridgehead atoms. The minimum absolute atomic E-state index is 0.0582. The second kappa shape index (κ2) is 9.62. The Kier molecular flexibility index (Phi) is 6.31. The summed E-state index contributed by atoms with van der Waals surface area (Å²) in [5, 5.41) is 3.18. The van der Waals surface area contributed by atoms with Crippen LogP contribution in [0.3, 0.4) is 0 Å². The van der Waals surface area contributed by atoms with Gasteiger partial charge >= 0.3 is 0 Å². The van der Waals surface area contributed by atoms with E-state index >= 15 is 4.39 Å². The maximum absolute atomic E-state index is 15.2. The highest BCUT2D eigenvalue weighted by Gasteiger charge is 2.65. The Morgan fingerprint density at radius 1 is 0.947 bits per heavy atom. The van der Waals surface area contributed by atoms with Crippen molar-refractivity contribution in [2.24, 2.45) is 11.1 Å². The number of amides is 2. The molecule has 0 radical (unpaired) electrons. The predicted molar refractivity (Wildman–Crippen MR) is 135 cm³/mol. The standard InChI is InChI=1S/C28H23F2N3O5/c1-36-24-12-18-21(13-25(24)37-2)32-10-9-22(18)38-23-8-3-15(11-20(23)30)19-14-28(19,26(31)34)27(35)33-17-6-4-16(29)5-7-17/h3-13,19H,14H2,1-2H3,(H2,31,34)(H,33,35). The molecule has 3 N–H and O–H groups in total. The van der Waals surface area contributed by atoms with Crippen molar-refractivity contribution >= 4 is 28.4 Å². The van der Waals surface area contributed by atoms with Crippen molar-refractivity contribution in [2.45, 2.75) is 12.3 Å². The molecule has 1 heterocycles. The summed E-state index contributed by atoms with van der Waals surface area (Å²) in [6.07, 6.45) is 1.65. The summed E-state index contributed by atoms with van der Waals surface area (Å²) in [6, 6.07) is 14.3. The molecule has 2 unspecified atom stereocenters. The van der Waals surface area contributed by atoms with Crippen LogP contribution >= 0.6 is 0 Å². The molecule has 3 aromatic carbocycles. The number of methoxy groups -OCH3 is 2. The molecule has 1 aliphatic rings. The van der Waals surface area contributed by atoms with Gasteiger partial charge in [0.1, 0.15) is 17.0 Å². The number of nitrogens with one attached hydrogen (secondary N) is 1. The lowest BCUT2D eigenvalue weighted by molar-refractivity contribution is -0.132. The van der Waals surface area contributed by atoms with E-state index in [2.05, 4.69) is 10.3 Å². The van der Waals surface area contributed by atoms with Gasteiger partial charge in [0.05, 0.1) is 19.7 Å². The number of rotatable bonds is 8. The smallest absolute Gasteiger partial charge is 0.240 e. The lowest BCUT2D eigenvalue weighted by Gasteiger charge is -2.15. The van der Waals surface area contributed by atoms with Gasteiger partial charge in [-0.1, -0.05) is 6.07 Å². The molecule has 5 rings (SSSR count). The largest absolute Gasteiger partial charge is 0.493 e. The van der Waals surface area contributed by atoms with Crippen molar-refractivity contribution in [3.63, 3.8) is 0 Å². The van der Waals surface area contributed by atoms with E-state index in [0.717, 1.165) is 0 Å².